The van der Waals surface area contributed by atoms with Crippen molar-refractivity contribution in [2.24, 2.45) is 0 Å². The molecule has 0 aliphatic carbocycles. The standard InChI is InChI=1S/C26H28BrNO4/c1-3-5-11-28(12-6-4-2)16-21-22(29)9-8-20-25(30)24(32-26(20)21)15-19-14-17-13-18(27)7-10-23(17)31-19/h7-10,13-15,29H,3-6,11-12,16H2,1-2H3. The molecule has 1 aliphatic rings. The van der Waals surface area contributed by atoms with Crippen LogP contribution in [-0.4, -0.2) is 18.9 Å². The lowest BCUT2D eigenvalue weighted by molar-refractivity contribution is -0.914. The van der Waals surface area contributed by atoms with E-state index in [9.17, 15) is 9.90 Å². The smallest absolute Gasteiger partial charge is 0.232 e. The first kappa shape index (κ1) is 22.6. The maximum absolute atomic E-state index is 13.0. The molecule has 0 saturated carbocycles. The van der Waals surface area contributed by atoms with Crippen LogP contribution in [0.15, 0.2) is 51.0 Å². The minimum Gasteiger partial charge on any atom is -0.872 e. The largest absolute Gasteiger partial charge is 0.872 e. The summed E-state index contributed by atoms with van der Waals surface area (Å²) >= 11 is 3.46. The summed E-state index contributed by atoms with van der Waals surface area (Å²) in [6.07, 6.45) is 6.05. The molecule has 0 radical (unpaired) electrons. The molecule has 2 heterocycles. The molecule has 2 aromatic carbocycles. The van der Waals surface area contributed by atoms with E-state index in [1.54, 1.807) is 12.1 Å². The van der Waals surface area contributed by atoms with E-state index >= 15 is 0 Å². The van der Waals surface area contributed by atoms with E-state index in [-0.39, 0.29) is 17.3 Å². The molecule has 6 heteroatoms. The summed E-state index contributed by atoms with van der Waals surface area (Å²) in [4.78, 5) is 14.4. The highest BCUT2D eigenvalue weighted by molar-refractivity contribution is 9.10. The van der Waals surface area contributed by atoms with Crippen LogP contribution in [0.2, 0.25) is 0 Å². The molecule has 0 saturated heterocycles. The lowest BCUT2D eigenvalue weighted by Crippen LogP contribution is -3.10. The molecule has 0 fully saturated rings. The fraction of sp³-hybridized carbons (Fsp3) is 0.346. The fourth-order valence-corrected chi connectivity index (χ4v) is 4.48. The second-order valence-corrected chi connectivity index (χ2v) is 9.24. The highest BCUT2D eigenvalue weighted by Gasteiger charge is 2.31. The monoisotopic (exact) mass is 497 g/mol. The van der Waals surface area contributed by atoms with Crippen LogP contribution in [0.3, 0.4) is 0 Å². The van der Waals surface area contributed by atoms with Gasteiger partial charge < -0.3 is 19.2 Å². The van der Waals surface area contributed by atoms with Crippen LogP contribution in [0.4, 0.5) is 0 Å². The van der Waals surface area contributed by atoms with Crippen molar-refractivity contribution >= 4 is 38.8 Å². The van der Waals surface area contributed by atoms with Gasteiger partial charge in [-0.1, -0.05) is 54.4 Å². The number of benzene rings is 2. The van der Waals surface area contributed by atoms with Gasteiger partial charge in [0.05, 0.1) is 18.7 Å². The number of ether oxygens (including phenoxy) is 1. The Kier molecular flexibility index (Phi) is 7.01. The van der Waals surface area contributed by atoms with Gasteiger partial charge in [0.2, 0.25) is 5.78 Å². The van der Waals surface area contributed by atoms with Gasteiger partial charge in [0, 0.05) is 21.5 Å². The molecule has 3 aromatic rings. The van der Waals surface area contributed by atoms with Crippen LogP contribution in [0, 0.1) is 0 Å². The topological polar surface area (TPSA) is 66.9 Å². The normalized spacial score (nSPS) is 14.5. The number of hydrogen-bond acceptors (Lipinski definition) is 4. The summed E-state index contributed by atoms with van der Waals surface area (Å²) in [6.45, 7) is 6.93. The predicted octanol–water partition coefficient (Wildman–Crippen LogP) is 4.87. The number of carbonyl (C=O) groups is 1. The summed E-state index contributed by atoms with van der Waals surface area (Å²) in [7, 11) is 0. The zero-order valence-corrected chi connectivity index (χ0v) is 20.1. The summed E-state index contributed by atoms with van der Waals surface area (Å²) in [6, 6.07) is 10.7. The maximum Gasteiger partial charge on any atom is 0.232 e. The Morgan fingerprint density at radius 1 is 1.06 bits per heavy atom. The quantitative estimate of drug-likeness (QED) is 0.428. The van der Waals surface area contributed by atoms with Crippen molar-refractivity contribution in [1.29, 1.82) is 0 Å². The average Bonchev–Trinajstić information content (AvgIpc) is 3.31. The number of carbonyl (C=O) groups excluding carboxylic acids is 1. The first-order valence-electron chi connectivity index (χ1n) is 11.3. The molecular formula is C26H28BrNO4. The van der Waals surface area contributed by atoms with E-state index < -0.39 is 0 Å². The van der Waals surface area contributed by atoms with E-state index in [0.29, 0.717) is 29.2 Å². The molecule has 4 rings (SSSR count). The van der Waals surface area contributed by atoms with Gasteiger partial charge in [0.15, 0.2) is 5.76 Å². The number of hydrogen-bond donors (Lipinski definition) is 1. The molecule has 0 bridgehead atoms. The van der Waals surface area contributed by atoms with Crippen LogP contribution >= 0.6 is 15.9 Å². The van der Waals surface area contributed by atoms with Crippen LogP contribution < -0.4 is 14.7 Å². The summed E-state index contributed by atoms with van der Waals surface area (Å²) < 4.78 is 12.8. The Hall–Kier alpha value is -2.57. The predicted molar refractivity (Wildman–Crippen MR) is 127 cm³/mol. The molecule has 5 nitrogen and oxygen atoms in total. The number of quaternary nitrogens is 1. The van der Waals surface area contributed by atoms with Crippen molar-refractivity contribution in [2.75, 3.05) is 13.1 Å². The van der Waals surface area contributed by atoms with E-state index in [2.05, 4.69) is 29.8 Å². The molecule has 1 N–H and O–H groups in total. The van der Waals surface area contributed by atoms with Gasteiger partial charge >= 0.3 is 0 Å². The van der Waals surface area contributed by atoms with Crippen LogP contribution in [-0.2, 0) is 6.54 Å². The SMILES string of the molecule is CCCC[NH+](CCCC)Cc1c([O-])ccc2c1OC(=Cc1cc3cc(Br)ccc3o1)C2=O. The second-order valence-electron chi connectivity index (χ2n) is 8.32. The van der Waals surface area contributed by atoms with Crippen molar-refractivity contribution in [3.8, 4) is 11.5 Å². The Morgan fingerprint density at radius 3 is 2.53 bits per heavy atom. The highest BCUT2D eigenvalue weighted by Crippen LogP contribution is 2.38. The van der Waals surface area contributed by atoms with E-state index in [1.807, 2.05) is 24.3 Å². The number of fused-ring (bicyclic) bond motifs is 2. The summed E-state index contributed by atoms with van der Waals surface area (Å²) in [5, 5.41) is 13.7. The zero-order chi connectivity index (χ0) is 22.7. The molecule has 0 atom stereocenters. The second kappa shape index (κ2) is 9.92. The summed E-state index contributed by atoms with van der Waals surface area (Å²) in [5.41, 5.74) is 1.78. The average molecular weight is 498 g/mol. The van der Waals surface area contributed by atoms with Gasteiger partial charge in [0.1, 0.15) is 23.6 Å². The van der Waals surface area contributed by atoms with Crippen LogP contribution in [0.1, 0.15) is 61.2 Å². The maximum atomic E-state index is 13.0. The minimum atomic E-state index is -0.216. The number of Topliss-reactive ketones (excluding diaryl/α,β-unsaturated/α-hetero) is 1. The molecule has 1 aromatic heterocycles. The summed E-state index contributed by atoms with van der Waals surface area (Å²) in [5.74, 6) is 0.853. The number of furan rings is 1. The zero-order valence-electron chi connectivity index (χ0n) is 18.5. The van der Waals surface area contributed by atoms with Gasteiger partial charge in [-0.3, -0.25) is 4.79 Å². The molecule has 0 amide bonds. The van der Waals surface area contributed by atoms with E-state index in [1.165, 1.54) is 11.0 Å². The minimum absolute atomic E-state index is 0.0723. The Balaban J connectivity index is 1.63. The number of rotatable bonds is 9. The van der Waals surface area contributed by atoms with Crippen LogP contribution in [0.5, 0.6) is 11.5 Å². The van der Waals surface area contributed by atoms with Gasteiger partial charge in [-0.2, -0.15) is 0 Å². The molecule has 168 valence electrons. The van der Waals surface area contributed by atoms with Gasteiger partial charge in [-0.05, 0) is 43.2 Å². The Bertz CT molecular complexity index is 1160. The highest BCUT2D eigenvalue weighted by atomic mass is 79.9. The lowest BCUT2D eigenvalue weighted by atomic mass is 10.0. The Labute approximate surface area is 196 Å². The molecule has 0 unspecified atom stereocenters. The third-order valence-electron chi connectivity index (χ3n) is 5.86. The number of nitrogens with one attached hydrogen (secondary N) is 1. The molecule has 0 spiro atoms. The fourth-order valence-electron chi connectivity index (χ4n) is 4.10. The van der Waals surface area contributed by atoms with Crippen molar-refractivity contribution in [3.63, 3.8) is 0 Å². The molecule has 1 aliphatic heterocycles. The van der Waals surface area contributed by atoms with Gasteiger partial charge in [-0.25, -0.2) is 0 Å². The third-order valence-corrected chi connectivity index (χ3v) is 6.36. The van der Waals surface area contributed by atoms with Crippen molar-refractivity contribution < 1.29 is 24.0 Å². The van der Waals surface area contributed by atoms with Crippen LogP contribution in [0.25, 0.3) is 17.0 Å². The Morgan fingerprint density at radius 2 is 1.81 bits per heavy atom. The number of unbranched alkanes of at least 4 members (excludes halogenated alkanes) is 2. The van der Waals surface area contributed by atoms with Crippen molar-refractivity contribution in [2.45, 2.75) is 46.1 Å². The van der Waals surface area contributed by atoms with Gasteiger partial charge in [-0.15, -0.1) is 0 Å². The molecular weight excluding hydrogens is 470 g/mol. The van der Waals surface area contributed by atoms with Gasteiger partial charge in [0.25, 0.3) is 0 Å². The van der Waals surface area contributed by atoms with Crippen molar-refractivity contribution in [1.82, 2.24) is 0 Å². The number of ketones is 1. The lowest BCUT2D eigenvalue weighted by Gasteiger charge is -2.23. The van der Waals surface area contributed by atoms with E-state index in [4.69, 9.17) is 9.15 Å². The first-order valence-corrected chi connectivity index (χ1v) is 12.1. The number of halogens is 1. The first-order chi connectivity index (χ1) is 15.5. The number of allylic oxidation sites excluding steroid dienone is 1. The third kappa shape index (κ3) is 4.76. The van der Waals surface area contributed by atoms with Crippen molar-refractivity contribution in [3.05, 3.63) is 63.5 Å². The molecule has 32 heavy (non-hydrogen) atoms. The van der Waals surface area contributed by atoms with E-state index in [0.717, 1.165) is 54.2 Å².